The third kappa shape index (κ3) is 5.32. The first-order chi connectivity index (χ1) is 14.9. The van der Waals surface area contributed by atoms with Gasteiger partial charge in [0, 0.05) is 12.6 Å². The Morgan fingerprint density at radius 1 is 1.19 bits per heavy atom. The van der Waals surface area contributed by atoms with Crippen molar-refractivity contribution in [1.82, 2.24) is 25.1 Å². The van der Waals surface area contributed by atoms with Crippen LogP contribution >= 0.6 is 11.8 Å². The van der Waals surface area contributed by atoms with Crippen LogP contribution in [0, 0.1) is 0 Å². The van der Waals surface area contributed by atoms with Crippen molar-refractivity contribution in [1.29, 1.82) is 0 Å². The highest BCUT2D eigenvalue weighted by Crippen LogP contribution is 2.24. The van der Waals surface area contributed by atoms with E-state index in [0.717, 1.165) is 17.0 Å². The maximum atomic E-state index is 12.6. The molecule has 1 amide bonds. The number of esters is 1. The zero-order valence-corrected chi connectivity index (χ0v) is 18.8. The van der Waals surface area contributed by atoms with Gasteiger partial charge in [-0.25, -0.2) is 19.4 Å². The number of methoxy groups -OCH3 is 1. The van der Waals surface area contributed by atoms with Gasteiger partial charge in [-0.3, -0.25) is 4.79 Å². The van der Waals surface area contributed by atoms with Gasteiger partial charge in [0.1, 0.15) is 5.82 Å². The molecule has 2 aromatic heterocycles. The number of anilines is 1. The number of fused-ring (bicyclic) bond motifs is 1. The second-order valence-corrected chi connectivity index (χ2v) is 8.22. The molecule has 0 radical (unpaired) electrons. The largest absolute Gasteiger partial charge is 0.465 e. The Bertz CT molecular complexity index is 1080. The van der Waals surface area contributed by atoms with Crippen LogP contribution in [0.5, 0.6) is 0 Å². The molecule has 164 valence electrons. The summed E-state index contributed by atoms with van der Waals surface area (Å²) in [5.41, 5.74) is 1.20. The highest BCUT2D eigenvalue weighted by Gasteiger charge is 2.17. The van der Waals surface area contributed by atoms with Crippen molar-refractivity contribution < 1.29 is 14.3 Å². The predicted molar refractivity (Wildman–Crippen MR) is 121 cm³/mol. The molecular formula is C21H26N6O3S. The smallest absolute Gasteiger partial charge is 0.338 e. The molecule has 2 heterocycles. The van der Waals surface area contributed by atoms with Crippen LogP contribution in [0.25, 0.3) is 11.0 Å². The lowest BCUT2D eigenvalue weighted by atomic mass is 10.1. The number of hydrogen-bond acceptors (Lipinski definition) is 8. The number of carbonyl (C=O) groups excluding carboxylic acids is 2. The van der Waals surface area contributed by atoms with Gasteiger partial charge in [0.15, 0.2) is 10.8 Å². The monoisotopic (exact) mass is 442 g/mol. The van der Waals surface area contributed by atoms with Crippen LogP contribution in [-0.4, -0.2) is 57.1 Å². The minimum Gasteiger partial charge on any atom is -0.465 e. The Hall–Kier alpha value is -3.14. The topological polar surface area (TPSA) is 111 Å². The molecule has 2 N–H and O–H groups in total. The zero-order chi connectivity index (χ0) is 22.4. The van der Waals surface area contributed by atoms with Gasteiger partial charge in [-0.05, 0) is 31.7 Å². The zero-order valence-electron chi connectivity index (χ0n) is 18.0. The number of benzene rings is 1. The Morgan fingerprint density at radius 2 is 1.94 bits per heavy atom. The summed E-state index contributed by atoms with van der Waals surface area (Å²) in [5, 5.41) is 12.1. The fraction of sp³-hybridized carbons (Fsp3) is 0.381. The van der Waals surface area contributed by atoms with Crippen LogP contribution in [0.4, 0.5) is 5.82 Å². The average molecular weight is 443 g/mol. The number of rotatable bonds is 9. The number of nitrogens with zero attached hydrogens (tertiary/aromatic N) is 4. The molecule has 0 spiro atoms. The van der Waals surface area contributed by atoms with Crippen molar-refractivity contribution >= 4 is 40.5 Å². The van der Waals surface area contributed by atoms with Gasteiger partial charge in [0.2, 0.25) is 0 Å². The number of hydrogen-bond donors (Lipinski definition) is 2. The van der Waals surface area contributed by atoms with E-state index in [1.807, 2.05) is 20.8 Å². The van der Waals surface area contributed by atoms with E-state index in [4.69, 9.17) is 4.74 Å². The first-order valence-electron chi connectivity index (χ1n) is 10.0. The molecule has 0 aliphatic heterocycles. The van der Waals surface area contributed by atoms with Crippen molar-refractivity contribution in [3.05, 3.63) is 41.6 Å². The summed E-state index contributed by atoms with van der Waals surface area (Å²) in [6.45, 7) is 6.88. The van der Waals surface area contributed by atoms with Gasteiger partial charge < -0.3 is 15.4 Å². The summed E-state index contributed by atoms with van der Waals surface area (Å²) in [6.07, 6.45) is 1.73. The lowest BCUT2D eigenvalue weighted by Crippen LogP contribution is -2.29. The average Bonchev–Trinajstić information content (AvgIpc) is 3.16. The lowest BCUT2D eigenvalue weighted by molar-refractivity contribution is 0.0596. The molecule has 10 heteroatoms. The predicted octanol–water partition coefficient (Wildman–Crippen LogP) is 2.98. The number of ether oxygens (including phenoxy) is 1. The Morgan fingerprint density at radius 3 is 2.61 bits per heavy atom. The summed E-state index contributed by atoms with van der Waals surface area (Å²) in [7, 11) is 1.29. The number of thioether (sulfide) groups is 1. The quantitative estimate of drug-likeness (QED) is 0.296. The summed E-state index contributed by atoms with van der Waals surface area (Å²) in [5.74, 6) is 0.706. The van der Waals surface area contributed by atoms with Crippen molar-refractivity contribution in [2.24, 2.45) is 0 Å². The van der Waals surface area contributed by atoms with Crippen LogP contribution in [0.1, 0.15) is 41.5 Å². The van der Waals surface area contributed by atoms with Gasteiger partial charge in [0.25, 0.3) is 5.91 Å². The lowest BCUT2D eigenvalue weighted by Gasteiger charge is -2.12. The van der Waals surface area contributed by atoms with Crippen LogP contribution in [0.3, 0.4) is 0 Å². The van der Waals surface area contributed by atoms with Crippen LogP contribution in [-0.2, 0) is 11.3 Å². The Labute approximate surface area is 185 Å². The number of aromatic nitrogens is 4. The third-order valence-corrected chi connectivity index (χ3v) is 5.09. The van der Waals surface area contributed by atoms with Crippen LogP contribution in [0.15, 0.2) is 35.6 Å². The van der Waals surface area contributed by atoms with Crippen LogP contribution < -0.4 is 10.6 Å². The SMILES string of the molecule is CCSc1nc(NC(C)C)c2cnn(CCNC(=O)c3ccccc3C(=O)OC)c2n1. The molecule has 3 aromatic rings. The van der Waals surface area contributed by atoms with E-state index in [1.54, 1.807) is 46.9 Å². The second kappa shape index (κ2) is 10.3. The van der Waals surface area contributed by atoms with Crippen molar-refractivity contribution in [2.45, 2.75) is 38.5 Å². The normalized spacial score (nSPS) is 11.0. The van der Waals surface area contributed by atoms with Crippen molar-refractivity contribution in [3.63, 3.8) is 0 Å². The van der Waals surface area contributed by atoms with Crippen LogP contribution in [0.2, 0.25) is 0 Å². The molecular weight excluding hydrogens is 416 g/mol. The standard InChI is InChI=1S/C21H26N6O3S/c1-5-31-21-25-17(24-13(2)3)16-12-23-27(18(16)26-21)11-10-22-19(28)14-8-6-7-9-15(14)20(29)30-4/h6-9,12-13H,5,10-11H2,1-4H3,(H,22,28)(H,24,25,26). The highest BCUT2D eigenvalue weighted by atomic mass is 32.2. The molecule has 0 atom stereocenters. The first kappa shape index (κ1) is 22.5. The Balaban J connectivity index is 1.76. The van der Waals surface area contributed by atoms with Gasteiger partial charge in [-0.2, -0.15) is 5.10 Å². The van der Waals surface area contributed by atoms with Gasteiger partial charge in [0.05, 0.1) is 36.4 Å². The van der Waals surface area contributed by atoms with E-state index >= 15 is 0 Å². The molecule has 0 fully saturated rings. The maximum absolute atomic E-state index is 12.6. The number of nitrogens with one attached hydrogen (secondary N) is 2. The van der Waals surface area contributed by atoms with Gasteiger partial charge in [-0.15, -0.1) is 0 Å². The first-order valence-corrected chi connectivity index (χ1v) is 11.0. The second-order valence-electron chi connectivity index (χ2n) is 6.98. The molecule has 9 nitrogen and oxygen atoms in total. The Kier molecular flexibility index (Phi) is 7.45. The maximum Gasteiger partial charge on any atom is 0.338 e. The molecule has 0 bridgehead atoms. The van der Waals surface area contributed by atoms with E-state index in [1.165, 1.54) is 7.11 Å². The molecule has 31 heavy (non-hydrogen) atoms. The molecule has 0 saturated carbocycles. The number of carbonyl (C=O) groups is 2. The van der Waals surface area contributed by atoms with E-state index < -0.39 is 5.97 Å². The molecule has 3 rings (SSSR count). The number of amides is 1. The van der Waals surface area contributed by atoms with Crippen molar-refractivity contribution in [2.75, 3.05) is 24.7 Å². The fourth-order valence-electron chi connectivity index (χ4n) is 3.02. The third-order valence-electron chi connectivity index (χ3n) is 4.36. The molecule has 0 saturated heterocycles. The fourth-order valence-corrected chi connectivity index (χ4v) is 3.58. The summed E-state index contributed by atoms with van der Waals surface area (Å²) < 4.78 is 6.50. The van der Waals surface area contributed by atoms with Crippen molar-refractivity contribution in [3.8, 4) is 0 Å². The molecule has 0 aliphatic rings. The summed E-state index contributed by atoms with van der Waals surface area (Å²) >= 11 is 1.56. The van der Waals surface area contributed by atoms with Gasteiger partial charge >= 0.3 is 5.97 Å². The minimum atomic E-state index is -0.549. The van der Waals surface area contributed by atoms with Gasteiger partial charge in [-0.1, -0.05) is 30.8 Å². The minimum absolute atomic E-state index is 0.218. The summed E-state index contributed by atoms with van der Waals surface area (Å²) in [4.78, 5) is 33.7. The van der Waals surface area contributed by atoms with E-state index in [2.05, 4.69) is 25.7 Å². The molecule has 0 aliphatic carbocycles. The summed E-state index contributed by atoms with van der Waals surface area (Å²) in [6, 6.07) is 6.77. The van der Waals surface area contributed by atoms with E-state index in [0.29, 0.717) is 23.9 Å². The molecule has 0 unspecified atom stereocenters. The van der Waals surface area contributed by atoms with E-state index in [-0.39, 0.29) is 23.1 Å². The highest BCUT2D eigenvalue weighted by molar-refractivity contribution is 7.99. The molecule has 1 aromatic carbocycles. The van der Waals surface area contributed by atoms with E-state index in [9.17, 15) is 9.59 Å².